The highest BCUT2D eigenvalue weighted by Gasteiger charge is 2.18. The van der Waals surface area contributed by atoms with Crippen molar-refractivity contribution in [3.8, 4) is 16.9 Å². The maximum Gasteiger partial charge on any atom is 0.303 e. The number of carbonyl (C=O) groups is 1. The summed E-state index contributed by atoms with van der Waals surface area (Å²) in [5, 5.41) is 14.0. The second-order valence-corrected chi connectivity index (χ2v) is 7.51. The number of rotatable bonds is 5. The van der Waals surface area contributed by atoms with Crippen LogP contribution in [0.15, 0.2) is 42.5 Å². The van der Waals surface area contributed by atoms with E-state index in [-0.39, 0.29) is 12.3 Å². The van der Waals surface area contributed by atoms with E-state index in [1.165, 1.54) is 16.6 Å². The average Bonchev–Trinajstić information content (AvgIpc) is 2.86. The first-order chi connectivity index (χ1) is 13.6. The summed E-state index contributed by atoms with van der Waals surface area (Å²) < 4.78 is 7.79. The number of aromatic nitrogens is 1. The van der Waals surface area contributed by atoms with Crippen molar-refractivity contribution in [1.82, 2.24) is 9.88 Å². The Morgan fingerprint density at radius 2 is 2.07 bits per heavy atom. The van der Waals surface area contributed by atoms with E-state index in [0.29, 0.717) is 0 Å². The van der Waals surface area contributed by atoms with E-state index in [9.17, 15) is 9.90 Å². The first-order valence-corrected chi connectivity index (χ1v) is 9.80. The van der Waals surface area contributed by atoms with E-state index in [4.69, 9.17) is 4.74 Å². The van der Waals surface area contributed by atoms with Crippen LogP contribution in [0.5, 0.6) is 5.75 Å². The van der Waals surface area contributed by atoms with Gasteiger partial charge in [0, 0.05) is 37.3 Å². The van der Waals surface area contributed by atoms with Gasteiger partial charge in [-0.1, -0.05) is 25.1 Å². The van der Waals surface area contributed by atoms with Gasteiger partial charge in [-0.2, -0.15) is 0 Å². The zero-order chi connectivity index (χ0) is 19.7. The molecule has 1 aliphatic rings. The molecule has 0 radical (unpaired) electrons. The highest BCUT2D eigenvalue weighted by molar-refractivity contribution is 5.87. The lowest BCUT2D eigenvalue weighted by atomic mass is 9.89. The van der Waals surface area contributed by atoms with Gasteiger partial charge in [-0.25, -0.2) is 0 Å². The van der Waals surface area contributed by atoms with Gasteiger partial charge in [0.15, 0.2) is 0 Å². The molecule has 0 spiro atoms. The molecule has 5 nitrogen and oxygen atoms in total. The van der Waals surface area contributed by atoms with Crippen molar-refractivity contribution in [3.63, 3.8) is 0 Å². The number of ether oxygens (including phenoxy) is 1. The normalized spacial score (nSPS) is 15.1. The fraction of sp³-hybridized carbons (Fsp3) is 0.348. The molecule has 1 aromatic heterocycles. The highest BCUT2D eigenvalue weighted by atomic mass is 16.5. The van der Waals surface area contributed by atoms with Crippen LogP contribution in [0.1, 0.15) is 30.5 Å². The third-order valence-electron chi connectivity index (χ3n) is 5.64. The molecular weight excluding hydrogens is 352 g/mol. The number of aliphatic carboxylic acids is 1. The predicted octanol–water partition coefficient (Wildman–Crippen LogP) is 4.04. The first-order valence-electron chi connectivity index (χ1n) is 9.80. The zero-order valence-electron chi connectivity index (χ0n) is 16.4. The Morgan fingerprint density at radius 1 is 1.21 bits per heavy atom. The molecule has 0 saturated carbocycles. The van der Waals surface area contributed by atoms with Gasteiger partial charge in [-0.3, -0.25) is 4.79 Å². The van der Waals surface area contributed by atoms with Gasteiger partial charge in [-0.15, -0.1) is 0 Å². The van der Waals surface area contributed by atoms with Crippen molar-refractivity contribution in [2.24, 2.45) is 0 Å². The zero-order valence-corrected chi connectivity index (χ0v) is 16.4. The van der Waals surface area contributed by atoms with Crippen LogP contribution in [0, 0.1) is 0 Å². The molecule has 0 bridgehead atoms. The lowest BCUT2D eigenvalue weighted by Gasteiger charge is -2.17. The number of nitrogens with zero attached hydrogens (tertiary/aromatic N) is 1. The van der Waals surface area contributed by atoms with Crippen LogP contribution in [0.3, 0.4) is 0 Å². The Hall–Kier alpha value is -2.79. The lowest BCUT2D eigenvalue weighted by molar-refractivity contribution is -0.137. The monoisotopic (exact) mass is 378 g/mol. The summed E-state index contributed by atoms with van der Waals surface area (Å²) in [6.45, 7) is 4.91. The van der Waals surface area contributed by atoms with Crippen LogP contribution in [0.25, 0.3) is 22.0 Å². The Bertz CT molecular complexity index is 1020. The molecule has 28 heavy (non-hydrogen) atoms. The molecule has 0 saturated heterocycles. The summed E-state index contributed by atoms with van der Waals surface area (Å²) in [6, 6.07) is 14.8. The molecule has 1 unspecified atom stereocenters. The number of carboxylic acids is 1. The largest absolute Gasteiger partial charge is 0.497 e. The molecule has 2 aromatic carbocycles. The van der Waals surface area contributed by atoms with E-state index in [1.54, 1.807) is 7.11 Å². The molecule has 2 heterocycles. The Kier molecular flexibility index (Phi) is 5.09. The van der Waals surface area contributed by atoms with Crippen LogP contribution in [-0.2, 0) is 17.8 Å². The Labute approximate surface area is 164 Å². The molecule has 3 aromatic rings. The molecular formula is C23H26N2O3. The van der Waals surface area contributed by atoms with E-state index >= 15 is 0 Å². The summed E-state index contributed by atoms with van der Waals surface area (Å²) in [7, 11) is 1.64. The van der Waals surface area contributed by atoms with Crippen LogP contribution < -0.4 is 10.1 Å². The number of hydrogen-bond donors (Lipinski definition) is 2. The third kappa shape index (κ3) is 3.50. The second-order valence-electron chi connectivity index (χ2n) is 7.51. The van der Waals surface area contributed by atoms with Crippen LogP contribution >= 0.6 is 0 Å². The lowest BCUT2D eigenvalue weighted by Crippen LogP contribution is -2.17. The van der Waals surface area contributed by atoms with Gasteiger partial charge in [0.05, 0.1) is 13.5 Å². The minimum atomic E-state index is -0.791. The highest BCUT2D eigenvalue weighted by Crippen LogP contribution is 2.36. The van der Waals surface area contributed by atoms with Gasteiger partial charge in [-0.05, 0) is 52.3 Å². The van der Waals surface area contributed by atoms with Crippen LogP contribution in [0.2, 0.25) is 0 Å². The van der Waals surface area contributed by atoms with Crippen molar-refractivity contribution >= 4 is 16.9 Å². The van der Waals surface area contributed by atoms with Gasteiger partial charge >= 0.3 is 5.97 Å². The minimum Gasteiger partial charge on any atom is -0.497 e. The molecule has 5 heteroatoms. The molecule has 4 rings (SSSR count). The quantitative estimate of drug-likeness (QED) is 0.703. The minimum absolute atomic E-state index is 0.0919. The number of fused-ring (bicyclic) bond motifs is 3. The Morgan fingerprint density at radius 3 is 2.86 bits per heavy atom. The number of methoxy groups -OCH3 is 1. The van der Waals surface area contributed by atoms with Crippen molar-refractivity contribution in [1.29, 1.82) is 0 Å². The molecule has 2 N–H and O–H groups in total. The van der Waals surface area contributed by atoms with E-state index in [1.807, 2.05) is 25.1 Å². The van der Waals surface area contributed by atoms with Crippen LogP contribution in [0.4, 0.5) is 0 Å². The van der Waals surface area contributed by atoms with Crippen LogP contribution in [-0.4, -0.2) is 35.8 Å². The number of benzene rings is 2. The van der Waals surface area contributed by atoms with E-state index in [2.05, 4.69) is 34.1 Å². The molecule has 1 atom stereocenters. The van der Waals surface area contributed by atoms with Gasteiger partial charge < -0.3 is 19.7 Å². The molecule has 1 aliphatic heterocycles. The second kappa shape index (κ2) is 7.68. The average molecular weight is 378 g/mol. The SMILES string of the molecule is COc1ccc(-c2ccc3cc4n(c3c2)CCNCC4)c(C(C)CC(=O)O)c1. The number of carboxylic acid groups (broad SMARTS) is 1. The smallest absolute Gasteiger partial charge is 0.303 e. The fourth-order valence-corrected chi connectivity index (χ4v) is 4.19. The summed E-state index contributed by atoms with van der Waals surface area (Å²) in [5.74, 6) is -0.146. The Balaban J connectivity index is 1.82. The summed E-state index contributed by atoms with van der Waals surface area (Å²) in [6.07, 6.45) is 1.13. The van der Waals surface area contributed by atoms with E-state index in [0.717, 1.165) is 48.5 Å². The summed E-state index contributed by atoms with van der Waals surface area (Å²) >= 11 is 0. The van der Waals surface area contributed by atoms with Crippen molar-refractivity contribution in [3.05, 3.63) is 53.7 Å². The molecule has 0 amide bonds. The summed E-state index contributed by atoms with van der Waals surface area (Å²) in [5.41, 5.74) is 5.79. The van der Waals surface area contributed by atoms with Crippen molar-refractivity contribution in [2.45, 2.75) is 32.2 Å². The number of nitrogens with one attached hydrogen (secondary N) is 1. The van der Waals surface area contributed by atoms with Gasteiger partial charge in [0.2, 0.25) is 0 Å². The predicted molar refractivity (Wildman–Crippen MR) is 111 cm³/mol. The third-order valence-corrected chi connectivity index (χ3v) is 5.64. The molecule has 0 fully saturated rings. The van der Waals surface area contributed by atoms with Gasteiger partial charge in [0.1, 0.15) is 5.75 Å². The number of hydrogen-bond acceptors (Lipinski definition) is 3. The molecule has 0 aliphatic carbocycles. The maximum absolute atomic E-state index is 11.3. The topological polar surface area (TPSA) is 63.5 Å². The first kappa shape index (κ1) is 18.6. The summed E-state index contributed by atoms with van der Waals surface area (Å²) in [4.78, 5) is 11.3. The van der Waals surface area contributed by atoms with Crippen molar-refractivity contribution < 1.29 is 14.6 Å². The molecule has 146 valence electrons. The standard InChI is InChI=1S/C23H26N2O3/c1-15(11-23(26)27)21-14-19(28-2)5-6-20(21)16-3-4-17-12-18-7-8-24-9-10-25(18)22(17)13-16/h3-6,12-15,24H,7-11H2,1-2H3,(H,26,27). The van der Waals surface area contributed by atoms with E-state index < -0.39 is 5.97 Å². The van der Waals surface area contributed by atoms with Gasteiger partial charge in [0.25, 0.3) is 0 Å². The maximum atomic E-state index is 11.3. The fourth-order valence-electron chi connectivity index (χ4n) is 4.19. The van der Waals surface area contributed by atoms with Crippen molar-refractivity contribution in [2.75, 3.05) is 20.2 Å².